The minimum absolute atomic E-state index is 0.0897. The largest absolute Gasteiger partial charge is 0.316 e. The summed E-state index contributed by atoms with van der Waals surface area (Å²) in [4.78, 5) is 12.1. The van der Waals surface area contributed by atoms with E-state index in [9.17, 15) is 9.18 Å². The minimum Gasteiger partial charge on any atom is -0.316 e. The van der Waals surface area contributed by atoms with E-state index in [4.69, 9.17) is 11.6 Å². The lowest BCUT2D eigenvalue weighted by atomic mass is 9.91. The van der Waals surface area contributed by atoms with E-state index < -0.39 is 5.82 Å². The van der Waals surface area contributed by atoms with Gasteiger partial charge < -0.3 is 5.32 Å². The number of carbonyl (C=O) groups is 1. The number of benzene rings is 1. The van der Waals surface area contributed by atoms with Crippen LogP contribution in [0.15, 0.2) is 16.6 Å². The van der Waals surface area contributed by atoms with E-state index in [1.54, 1.807) is 0 Å². The van der Waals surface area contributed by atoms with Gasteiger partial charge in [0, 0.05) is 16.9 Å². The molecule has 2 nitrogen and oxygen atoms in total. The van der Waals surface area contributed by atoms with Gasteiger partial charge in [0.1, 0.15) is 5.82 Å². The first-order valence-corrected chi connectivity index (χ1v) is 6.66. The van der Waals surface area contributed by atoms with Gasteiger partial charge >= 0.3 is 0 Å². The van der Waals surface area contributed by atoms with Gasteiger partial charge in [-0.25, -0.2) is 4.39 Å². The lowest BCUT2D eigenvalue weighted by molar-refractivity contribution is 0.0895. The number of carbonyl (C=O) groups excluding carboxylic acids is 1. The van der Waals surface area contributed by atoms with Crippen LogP contribution in [-0.2, 0) is 0 Å². The van der Waals surface area contributed by atoms with Crippen LogP contribution in [0.5, 0.6) is 0 Å². The predicted molar refractivity (Wildman–Crippen MR) is 69.0 cm³/mol. The molecule has 0 amide bonds. The molecule has 2 rings (SSSR count). The Kier molecular flexibility index (Phi) is 4.17. The van der Waals surface area contributed by atoms with Crippen molar-refractivity contribution in [1.29, 1.82) is 0 Å². The van der Waals surface area contributed by atoms with Crippen molar-refractivity contribution in [3.05, 3.63) is 33.0 Å². The number of halogens is 3. The second-order valence-corrected chi connectivity index (χ2v) is 5.42. The molecule has 0 aromatic heterocycles. The van der Waals surface area contributed by atoms with E-state index >= 15 is 0 Å². The zero-order valence-corrected chi connectivity index (χ0v) is 11.4. The van der Waals surface area contributed by atoms with Crippen molar-refractivity contribution in [2.45, 2.75) is 12.8 Å². The zero-order chi connectivity index (χ0) is 12.4. The zero-order valence-electron chi connectivity index (χ0n) is 9.10. The van der Waals surface area contributed by atoms with Crippen molar-refractivity contribution in [3.8, 4) is 0 Å². The maximum Gasteiger partial charge on any atom is 0.170 e. The molecular weight excluding hydrogens is 308 g/mol. The molecule has 1 atom stereocenters. The van der Waals surface area contributed by atoms with Crippen molar-refractivity contribution in [2.24, 2.45) is 5.92 Å². The highest BCUT2D eigenvalue weighted by atomic mass is 79.9. The Morgan fingerprint density at radius 1 is 1.53 bits per heavy atom. The smallest absolute Gasteiger partial charge is 0.170 e. The van der Waals surface area contributed by atoms with Crippen LogP contribution in [0.1, 0.15) is 23.2 Å². The van der Waals surface area contributed by atoms with Crippen molar-refractivity contribution in [3.63, 3.8) is 0 Å². The molecule has 0 bridgehead atoms. The summed E-state index contributed by atoms with van der Waals surface area (Å²) < 4.78 is 14.2. The Bertz CT molecular complexity index is 446. The van der Waals surface area contributed by atoms with Gasteiger partial charge in [0.15, 0.2) is 5.78 Å². The molecule has 92 valence electrons. The van der Waals surface area contributed by atoms with Crippen LogP contribution in [0.3, 0.4) is 0 Å². The SMILES string of the molecule is O=C(c1cc(Cl)c(Br)cc1F)C1CCCNC1. The number of hydrogen-bond acceptors (Lipinski definition) is 2. The van der Waals surface area contributed by atoms with E-state index in [0.29, 0.717) is 16.0 Å². The van der Waals surface area contributed by atoms with Gasteiger partial charge in [-0.15, -0.1) is 0 Å². The molecule has 1 aliphatic heterocycles. The molecule has 1 N–H and O–H groups in total. The van der Waals surface area contributed by atoms with Crippen LogP contribution < -0.4 is 5.32 Å². The fraction of sp³-hybridized carbons (Fsp3) is 0.417. The Balaban J connectivity index is 2.26. The van der Waals surface area contributed by atoms with E-state index in [1.165, 1.54) is 12.1 Å². The molecular formula is C12H12BrClFNO. The van der Waals surface area contributed by atoms with Gasteiger partial charge in [-0.1, -0.05) is 11.6 Å². The fourth-order valence-electron chi connectivity index (χ4n) is 2.01. The Morgan fingerprint density at radius 3 is 2.94 bits per heavy atom. The van der Waals surface area contributed by atoms with Crippen molar-refractivity contribution < 1.29 is 9.18 Å². The minimum atomic E-state index is -0.517. The molecule has 1 saturated heterocycles. The molecule has 1 fully saturated rings. The Hall–Kier alpha value is -0.450. The fourth-order valence-corrected chi connectivity index (χ4v) is 2.49. The molecule has 1 aliphatic rings. The first kappa shape index (κ1) is 13.0. The second kappa shape index (κ2) is 5.46. The molecule has 0 radical (unpaired) electrons. The van der Waals surface area contributed by atoms with Crippen molar-refractivity contribution >= 4 is 33.3 Å². The third-order valence-electron chi connectivity index (χ3n) is 2.94. The van der Waals surface area contributed by atoms with Gasteiger partial charge in [-0.3, -0.25) is 4.79 Å². The summed E-state index contributed by atoms with van der Waals surface area (Å²) >= 11 is 9.02. The van der Waals surface area contributed by atoms with Crippen molar-refractivity contribution in [2.75, 3.05) is 13.1 Å². The van der Waals surface area contributed by atoms with E-state index in [0.717, 1.165) is 19.4 Å². The van der Waals surface area contributed by atoms with E-state index in [1.807, 2.05) is 0 Å². The maximum atomic E-state index is 13.7. The summed E-state index contributed by atoms with van der Waals surface area (Å²) in [6, 6.07) is 2.64. The number of Topliss-reactive ketones (excluding diaryl/α,β-unsaturated/α-hetero) is 1. The lowest BCUT2D eigenvalue weighted by Gasteiger charge is -2.21. The van der Waals surface area contributed by atoms with Crippen LogP contribution in [0.2, 0.25) is 5.02 Å². The highest BCUT2D eigenvalue weighted by molar-refractivity contribution is 9.10. The highest BCUT2D eigenvalue weighted by Crippen LogP contribution is 2.28. The number of ketones is 1. The third-order valence-corrected chi connectivity index (χ3v) is 4.14. The number of rotatable bonds is 2. The molecule has 0 aliphatic carbocycles. The predicted octanol–water partition coefficient (Wildman–Crippen LogP) is 3.42. The van der Waals surface area contributed by atoms with Crippen LogP contribution in [0.25, 0.3) is 0 Å². The quantitative estimate of drug-likeness (QED) is 0.668. The summed E-state index contributed by atoms with van der Waals surface area (Å²) in [6.07, 6.45) is 1.75. The standard InChI is InChI=1S/C12H12BrClFNO/c13-9-5-11(15)8(4-10(9)14)12(17)7-2-1-3-16-6-7/h4-5,7,16H,1-3,6H2. The van der Waals surface area contributed by atoms with Crippen LogP contribution in [0.4, 0.5) is 4.39 Å². The normalized spacial score (nSPS) is 20.3. The number of nitrogens with one attached hydrogen (secondary N) is 1. The topological polar surface area (TPSA) is 29.1 Å². The summed E-state index contributed by atoms with van der Waals surface area (Å²) in [6.45, 7) is 1.54. The monoisotopic (exact) mass is 319 g/mol. The first-order chi connectivity index (χ1) is 8.09. The highest BCUT2D eigenvalue weighted by Gasteiger charge is 2.25. The van der Waals surface area contributed by atoms with Gasteiger partial charge in [-0.2, -0.15) is 0 Å². The molecule has 0 saturated carbocycles. The maximum absolute atomic E-state index is 13.7. The van der Waals surface area contributed by atoms with Gasteiger partial charge in [0.25, 0.3) is 0 Å². The van der Waals surface area contributed by atoms with Crippen LogP contribution >= 0.6 is 27.5 Å². The molecule has 0 spiro atoms. The molecule has 1 unspecified atom stereocenters. The molecule has 1 aromatic carbocycles. The summed E-state index contributed by atoms with van der Waals surface area (Å²) in [5.41, 5.74) is 0.0897. The number of piperidine rings is 1. The Morgan fingerprint density at radius 2 is 2.29 bits per heavy atom. The van der Waals surface area contributed by atoms with Gasteiger partial charge in [0.05, 0.1) is 10.6 Å². The molecule has 1 aromatic rings. The molecule has 1 heterocycles. The number of hydrogen-bond donors (Lipinski definition) is 1. The van der Waals surface area contributed by atoms with E-state index in [-0.39, 0.29) is 17.3 Å². The van der Waals surface area contributed by atoms with Gasteiger partial charge in [-0.05, 0) is 47.4 Å². The third kappa shape index (κ3) is 2.87. The summed E-state index contributed by atoms with van der Waals surface area (Å²) in [7, 11) is 0. The average molecular weight is 321 g/mol. The lowest BCUT2D eigenvalue weighted by Crippen LogP contribution is -2.34. The van der Waals surface area contributed by atoms with Crippen LogP contribution in [0, 0.1) is 11.7 Å². The average Bonchev–Trinajstić information content (AvgIpc) is 2.34. The van der Waals surface area contributed by atoms with Crippen molar-refractivity contribution in [1.82, 2.24) is 5.32 Å². The molecule has 5 heteroatoms. The summed E-state index contributed by atoms with van der Waals surface area (Å²) in [5, 5.41) is 3.51. The van der Waals surface area contributed by atoms with Gasteiger partial charge in [0.2, 0.25) is 0 Å². The summed E-state index contributed by atoms with van der Waals surface area (Å²) in [5.74, 6) is -0.823. The Labute approximate surface area is 113 Å². The second-order valence-electron chi connectivity index (χ2n) is 4.15. The van der Waals surface area contributed by atoms with Crippen LogP contribution in [-0.4, -0.2) is 18.9 Å². The van der Waals surface area contributed by atoms with E-state index in [2.05, 4.69) is 21.2 Å². The molecule has 17 heavy (non-hydrogen) atoms. The first-order valence-electron chi connectivity index (χ1n) is 5.49.